The van der Waals surface area contributed by atoms with Crippen molar-refractivity contribution in [2.45, 2.75) is 39.2 Å². The fourth-order valence-corrected chi connectivity index (χ4v) is 5.67. The van der Waals surface area contributed by atoms with Crippen LogP contribution in [0.5, 0.6) is 0 Å². The molecular weight excluding hydrogens is 443 g/mol. The van der Waals surface area contributed by atoms with Crippen molar-refractivity contribution in [2.24, 2.45) is 11.1 Å². The van der Waals surface area contributed by atoms with Crippen molar-refractivity contribution in [3.63, 3.8) is 0 Å². The van der Waals surface area contributed by atoms with Crippen molar-refractivity contribution < 1.29 is 9.50 Å². The summed E-state index contributed by atoms with van der Waals surface area (Å²) in [6, 6.07) is 10.8. The Balaban J connectivity index is 0.00000124. The molecule has 4 aromatic rings. The zero-order valence-corrected chi connectivity index (χ0v) is 20.2. The molecular formula is C27H31FN6O. The highest BCUT2D eigenvalue weighted by Crippen LogP contribution is 2.45. The lowest BCUT2D eigenvalue weighted by Gasteiger charge is -2.40. The molecule has 4 heterocycles. The summed E-state index contributed by atoms with van der Waals surface area (Å²) >= 11 is 0. The summed E-state index contributed by atoms with van der Waals surface area (Å²) in [5.74, 6) is 0.645. The summed E-state index contributed by atoms with van der Waals surface area (Å²) < 4.78 is 16.4. The molecule has 0 radical (unpaired) electrons. The van der Waals surface area contributed by atoms with E-state index in [1.165, 1.54) is 24.2 Å². The van der Waals surface area contributed by atoms with Gasteiger partial charge in [0.25, 0.3) is 0 Å². The van der Waals surface area contributed by atoms with Crippen LogP contribution in [0.3, 0.4) is 0 Å². The van der Waals surface area contributed by atoms with E-state index in [1.54, 1.807) is 18.3 Å². The minimum atomic E-state index is -0.272. The zero-order chi connectivity index (χ0) is 24.6. The third-order valence-electron chi connectivity index (χ3n) is 7.38. The number of aliphatic hydroxyl groups is 1. The van der Waals surface area contributed by atoms with Crippen LogP contribution in [0.4, 0.5) is 10.2 Å². The molecule has 0 atom stereocenters. The third kappa shape index (κ3) is 4.06. The first-order valence-corrected chi connectivity index (χ1v) is 12.1. The predicted molar refractivity (Wildman–Crippen MR) is 135 cm³/mol. The molecule has 8 heteroatoms. The summed E-state index contributed by atoms with van der Waals surface area (Å²) in [7, 11) is 1.50. The number of nitrogens with zero attached hydrogens (tertiary/aromatic N) is 5. The van der Waals surface area contributed by atoms with E-state index in [4.69, 9.17) is 4.98 Å². The number of rotatable bonds is 3. The van der Waals surface area contributed by atoms with Gasteiger partial charge in [-0.25, -0.2) is 13.9 Å². The van der Waals surface area contributed by atoms with Gasteiger partial charge in [-0.05, 0) is 80.5 Å². The Labute approximate surface area is 204 Å². The lowest BCUT2D eigenvalue weighted by atomic mass is 9.76. The van der Waals surface area contributed by atoms with E-state index in [1.807, 2.05) is 29.8 Å². The highest BCUT2D eigenvalue weighted by Gasteiger charge is 2.40. The van der Waals surface area contributed by atoms with E-state index < -0.39 is 0 Å². The SMILES string of the molecule is CN.Cc1nc(N2CCC3(CC2)Cc2cnc(CO)cc2C3)c2ccnn2c1-c1ccccc1F. The standard InChI is InChI=1S/C26H26FN5O.CH5N/c1-17-24(21-4-2-3-5-22(21)27)32-23(6-9-29-32)25(30-17)31-10-7-26(8-11-31)13-18-12-20(16-33)28-15-19(18)14-26;1-2/h2-6,9,12,15,33H,7-8,10-11,13-14,16H2,1H3;2H2,1H3. The number of piperidine rings is 1. The van der Waals surface area contributed by atoms with Gasteiger partial charge < -0.3 is 15.7 Å². The maximum Gasteiger partial charge on any atom is 0.155 e. The molecule has 0 amide bonds. The molecule has 1 fully saturated rings. The van der Waals surface area contributed by atoms with E-state index in [-0.39, 0.29) is 17.8 Å². The number of hydrogen-bond donors (Lipinski definition) is 2. The van der Waals surface area contributed by atoms with E-state index in [2.05, 4.69) is 26.8 Å². The molecule has 1 saturated heterocycles. The number of aromatic nitrogens is 4. The van der Waals surface area contributed by atoms with Crippen molar-refractivity contribution >= 4 is 11.3 Å². The lowest BCUT2D eigenvalue weighted by Crippen LogP contribution is -2.41. The molecule has 1 aliphatic carbocycles. The number of fused-ring (bicyclic) bond motifs is 2. The minimum Gasteiger partial charge on any atom is -0.390 e. The number of nitrogens with two attached hydrogens (primary N) is 1. The Hall–Kier alpha value is -3.36. The average molecular weight is 475 g/mol. The highest BCUT2D eigenvalue weighted by molar-refractivity contribution is 5.75. The van der Waals surface area contributed by atoms with E-state index in [9.17, 15) is 9.50 Å². The molecule has 0 unspecified atom stereocenters. The molecule has 2 aliphatic rings. The van der Waals surface area contributed by atoms with E-state index in [0.717, 1.165) is 61.5 Å². The van der Waals surface area contributed by atoms with Gasteiger partial charge in [-0.15, -0.1) is 0 Å². The third-order valence-corrected chi connectivity index (χ3v) is 7.38. The second-order valence-electron chi connectivity index (χ2n) is 9.42. The predicted octanol–water partition coefficient (Wildman–Crippen LogP) is 3.69. The van der Waals surface area contributed by atoms with Crippen LogP contribution < -0.4 is 10.6 Å². The lowest BCUT2D eigenvalue weighted by molar-refractivity contribution is 0.232. The fraction of sp³-hybridized carbons (Fsp3) is 0.370. The number of aliphatic hydroxyl groups excluding tert-OH is 1. The van der Waals surface area contributed by atoms with E-state index >= 15 is 0 Å². The van der Waals surface area contributed by atoms with Gasteiger partial charge in [0.15, 0.2) is 5.82 Å². The Bertz CT molecular complexity index is 1360. The number of anilines is 1. The van der Waals surface area contributed by atoms with Crippen molar-refractivity contribution in [3.8, 4) is 11.3 Å². The van der Waals surface area contributed by atoms with Gasteiger partial charge in [0, 0.05) is 24.8 Å². The first-order chi connectivity index (χ1) is 17.1. The van der Waals surface area contributed by atoms with Crippen molar-refractivity contribution in [1.29, 1.82) is 0 Å². The van der Waals surface area contributed by atoms with Gasteiger partial charge in [0.05, 0.1) is 29.9 Å². The van der Waals surface area contributed by atoms with Crippen LogP contribution in [-0.4, -0.2) is 44.8 Å². The molecule has 3 aromatic heterocycles. The van der Waals surface area contributed by atoms with Crippen LogP contribution in [0.1, 0.15) is 35.4 Å². The maximum absolute atomic E-state index is 14.6. The smallest absolute Gasteiger partial charge is 0.155 e. The van der Waals surface area contributed by atoms with Crippen LogP contribution in [0.25, 0.3) is 16.8 Å². The fourth-order valence-electron chi connectivity index (χ4n) is 5.67. The van der Waals surface area contributed by atoms with Gasteiger partial charge in [-0.3, -0.25) is 4.98 Å². The molecule has 7 nitrogen and oxygen atoms in total. The van der Waals surface area contributed by atoms with Gasteiger partial charge in [0.1, 0.15) is 11.3 Å². The Morgan fingerprint density at radius 2 is 1.83 bits per heavy atom. The van der Waals surface area contributed by atoms with Crippen LogP contribution in [-0.2, 0) is 19.4 Å². The highest BCUT2D eigenvalue weighted by atomic mass is 19.1. The largest absolute Gasteiger partial charge is 0.390 e. The zero-order valence-electron chi connectivity index (χ0n) is 20.2. The van der Waals surface area contributed by atoms with Crippen molar-refractivity contribution in [1.82, 2.24) is 19.6 Å². The van der Waals surface area contributed by atoms with Crippen LogP contribution in [0.2, 0.25) is 0 Å². The number of halogens is 1. The Morgan fingerprint density at radius 1 is 1.09 bits per heavy atom. The first kappa shape index (κ1) is 23.4. The topological polar surface area (TPSA) is 92.6 Å². The molecule has 1 spiro atoms. The second-order valence-corrected chi connectivity index (χ2v) is 9.42. The molecule has 6 rings (SSSR count). The van der Waals surface area contributed by atoms with Gasteiger partial charge >= 0.3 is 0 Å². The van der Waals surface area contributed by atoms with Crippen molar-refractivity contribution in [3.05, 3.63) is 77.1 Å². The first-order valence-electron chi connectivity index (χ1n) is 12.1. The summed E-state index contributed by atoms with van der Waals surface area (Å²) in [6.07, 6.45) is 7.96. The van der Waals surface area contributed by atoms with Gasteiger partial charge in [-0.1, -0.05) is 12.1 Å². The Kier molecular flexibility index (Phi) is 6.25. The molecule has 0 saturated carbocycles. The minimum absolute atomic E-state index is 0.0106. The summed E-state index contributed by atoms with van der Waals surface area (Å²) in [5, 5.41) is 13.9. The normalized spacial score (nSPS) is 16.3. The summed E-state index contributed by atoms with van der Waals surface area (Å²) in [6.45, 7) is 3.75. The van der Waals surface area contributed by atoms with Crippen LogP contribution in [0.15, 0.2) is 48.8 Å². The quantitative estimate of drug-likeness (QED) is 0.471. The monoisotopic (exact) mass is 474 g/mol. The molecule has 1 aliphatic heterocycles. The summed E-state index contributed by atoms with van der Waals surface area (Å²) in [5.41, 5.74) is 11.0. The van der Waals surface area contributed by atoms with Crippen LogP contribution >= 0.6 is 0 Å². The maximum atomic E-state index is 14.6. The van der Waals surface area contributed by atoms with Crippen LogP contribution in [0, 0.1) is 18.2 Å². The Morgan fingerprint density at radius 3 is 2.57 bits per heavy atom. The van der Waals surface area contributed by atoms with E-state index in [0.29, 0.717) is 11.3 Å². The molecule has 182 valence electrons. The average Bonchev–Trinajstić information content (AvgIpc) is 3.50. The molecule has 0 bridgehead atoms. The molecule has 1 aromatic carbocycles. The van der Waals surface area contributed by atoms with Gasteiger partial charge in [-0.2, -0.15) is 5.10 Å². The molecule has 35 heavy (non-hydrogen) atoms. The summed E-state index contributed by atoms with van der Waals surface area (Å²) in [4.78, 5) is 11.7. The van der Waals surface area contributed by atoms with Gasteiger partial charge in [0.2, 0.25) is 0 Å². The second kappa shape index (κ2) is 9.36. The van der Waals surface area contributed by atoms with Crippen molar-refractivity contribution in [2.75, 3.05) is 25.0 Å². The number of hydrogen-bond acceptors (Lipinski definition) is 6. The number of pyridine rings is 1. The number of benzene rings is 1. The molecule has 3 N–H and O–H groups in total. The number of aryl methyl sites for hydroxylation is 1.